The van der Waals surface area contributed by atoms with Crippen molar-refractivity contribution < 1.29 is 9.59 Å². The molecule has 0 aromatic carbocycles. The van der Waals surface area contributed by atoms with Gasteiger partial charge in [0.05, 0.1) is 11.3 Å². The summed E-state index contributed by atoms with van der Waals surface area (Å²) in [4.78, 5) is 37.6. The molecule has 9 heteroatoms. The highest BCUT2D eigenvalue weighted by molar-refractivity contribution is 8.00. The number of anilines is 1. The Morgan fingerprint density at radius 3 is 2.60 bits per heavy atom. The van der Waals surface area contributed by atoms with Crippen molar-refractivity contribution in [2.75, 3.05) is 11.1 Å². The summed E-state index contributed by atoms with van der Waals surface area (Å²) in [6, 6.07) is 0. The molecule has 0 bridgehead atoms. The summed E-state index contributed by atoms with van der Waals surface area (Å²) in [7, 11) is 0. The number of thiophene rings is 2. The van der Waals surface area contributed by atoms with Crippen molar-refractivity contribution in [3.8, 4) is 0 Å². The van der Waals surface area contributed by atoms with Gasteiger partial charge in [0.15, 0.2) is 0 Å². The monoisotopic (exact) mass is 458 g/mol. The van der Waals surface area contributed by atoms with Gasteiger partial charge >= 0.3 is 0 Å². The second-order valence-corrected chi connectivity index (χ2v) is 10.9. The van der Waals surface area contributed by atoms with Gasteiger partial charge in [0.25, 0.3) is 5.91 Å². The molecule has 6 nitrogen and oxygen atoms in total. The molecule has 0 saturated heterocycles. The number of aromatic nitrogens is 2. The van der Waals surface area contributed by atoms with Crippen LogP contribution >= 0.6 is 34.4 Å². The van der Waals surface area contributed by atoms with E-state index >= 15 is 0 Å². The van der Waals surface area contributed by atoms with Crippen molar-refractivity contribution in [1.29, 1.82) is 0 Å². The Balaban J connectivity index is 1.37. The lowest BCUT2D eigenvalue weighted by molar-refractivity contribution is -0.113. The lowest BCUT2D eigenvalue weighted by atomic mass is 9.97. The summed E-state index contributed by atoms with van der Waals surface area (Å²) < 4.78 is 0. The number of hydrogen-bond acceptors (Lipinski definition) is 7. The summed E-state index contributed by atoms with van der Waals surface area (Å²) in [6.07, 6.45) is 7.44. The lowest BCUT2D eigenvalue weighted by Crippen LogP contribution is -2.19. The number of nitrogens with zero attached hydrogens (tertiary/aromatic N) is 2. The largest absolute Gasteiger partial charge is 0.365 e. The van der Waals surface area contributed by atoms with E-state index in [-0.39, 0.29) is 11.7 Å². The Morgan fingerprint density at radius 2 is 1.77 bits per heavy atom. The third-order valence-corrected chi connectivity index (χ3v) is 9.02. The Morgan fingerprint density at radius 1 is 1.03 bits per heavy atom. The fraction of sp³-hybridized carbons (Fsp3) is 0.429. The standard InChI is InChI=1S/C21H22N4O2S3/c1-10-23-19(17-12-5-2-3-7-13(12)30-21(17)24-10)28-9-15(26)25-20-16(18(22)27)11-6-4-8-14(11)29-20/h2-9H2,1H3,(H2,22,27)(H,25,26). The molecular weight excluding hydrogens is 436 g/mol. The molecule has 0 aliphatic heterocycles. The molecule has 0 spiro atoms. The van der Waals surface area contributed by atoms with Crippen LogP contribution in [0.1, 0.15) is 56.3 Å². The molecule has 3 heterocycles. The first kappa shape index (κ1) is 20.0. The molecule has 0 fully saturated rings. The van der Waals surface area contributed by atoms with Crippen LogP contribution in [-0.2, 0) is 30.5 Å². The first-order chi connectivity index (χ1) is 14.5. The number of nitrogens with one attached hydrogen (secondary N) is 1. The van der Waals surface area contributed by atoms with Crippen LogP contribution in [0.2, 0.25) is 0 Å². The molecule has 5 rings (SSSR count). The second-order valence-electron chi connectivity index (χ2n) is 7.73. The highest BCUT2D eigenvalue weighted by Gasteiger charge is 2.26. The predicted octanol–water partition coefficient (Wildman–Crippen LogP) is 4.26. The zero-order chi connectivity index (χ0) is 20.8. The van der Waals surface area contributed by atoms with Gasteiger partial charge in [-0.3, -0.25) is 9.59 Å². The van der Waals surface area contributed by atoms with Gasteiger partial charge in [-0.15, -0.1) is 22.7 Å². The number of primary amides is 1. The molecule has 3 aromatic rings. The van der Waals surface area contributed by atoms with E-state index in [1.807, 2.05) is 6.92 Å². The average molecular weight is 459 g/mol. The minimum atomic E-state index is -0.463. The summed E-state index contributed by atoms with van der Waals surface area (Å²) in [6.45, 7) is 1.90. The van der Waals surface area contributed by atoms with E-state index in [0.717, 1.165) is 58.7 Å². The first-order valence-electron chi connectivity index (χ1n) is 10.2. The van der Waals surface area contributed by atoms with Gasteiger partial charge in [-0.25, -0.2) is 9.97 Å². The molecule has 30 heavy (non-hydrogen) atoms. The third-order valence-electron chi connectivity index (χ3n) is 5.65. The molecule has 2 amide bonds. The van der Waals surface area contributed by atoms with E-state index in [1.165, 1.54) is 51.3 Å². The average Bonchev–Trinajstić information content (AvgIpc) is 3.37. The number of rotatable bonds is 5. The molecule has 0 radical (unpaired) electrons. The minimum absolute atomic E-state index is 0.143. The lowest BCUT2D eigenvalue weighted by Gasteiger charge is -2.12. The maximum atomic E-state index is 12.7. The van der Waals surface area contributed by atoms with Gasteiger partial charge in [0, 0.05) is 15.1 Å². The smallest absolute Gasteiger partial charge is 0.251 e. The fourth-order valence-corrected chi connectivity index (χ4v) is 7.96. The van der Waals surface area contributed by atoms with Gasteiger partial charge in [0.1, 0.15) is 20.7 Å². The normalized spacial score (nSPS) is 15.2. The van der Waals surface area contributed by atoms with Gasteiger partial charge in [0.2, 0.25) is 5.91 Å². The van der Waals surface area contributed by atoms with Crippen molar-refractivity contribution in [1.82, 2.24) is 9.97 Å². The molecule has 3 aromatic heterocycles. The molecule has 156 valence electrons. The number of hydrogen-bond donors (Lipinski definition) is 2. The third kappa shape index (κ3) is 3.52. The fourth-order valence-electron chi connectivity index (χ4n) is 4.38. The number of thioether (sulfide) groups is 1. The van der Waals surface area contributed by atoms with Crippen LogP contribution < -0.4 is 11.1 Å². The van der Waals surface area contributed by atoms with Crippen LogP contribution in [0, 0.1) is 6.92 Å². The molecule has 2 aliphatic carbocycles. The van der Waals surface area contributed by atoms with Gasteiger partial charge in [-0.05, 0) is 63.0 Å². The van der Waals surface area contributed by atoms with E-state index in [1.54, 1.807) is 11.3 Å². The second kappa shape index (κ2) is 7.94. The topological polar surface area (TPSA) is 98.0 Å². The summed E-state index contributed by atoms with van der Waals surface area (Å²) in [5, 5.41) is 5.54. The number of nitrogens with two attached hydrogens (primary N) is 1. The number of amides is 2. The molecular formula is C21H22N4O2S3. The highest BCUT2D eigenvalue weighted by Crippen LogP contribution is 2.41. The zero-order valence-electron chi connectivity index (χ0n) is 16.7. The minimum Gasteiger partial charge on any atom is -0.365 e. The van der Waals surface area contributed by atoms with Gasteiger partial charge < -0.3 is 11.1 Å². The molecule has 0 saturated carbocycles. The van der Waals surface area contributed by atoms with E-state index in [9.17, 15) is 9.59 Å². The Labute approximate surface area is 186 Å². The number of aryl methyl sites for hydroxylation is 4. The maximum absolute atomic E-state index is 12.7. The zero-order valence-corrected chi connectivity index (χ0v) is 19.1. The van der Waals surface area contributed by atoms with Crippen molar-refractivity contribution in [3.05, 3.63) is 32.3 Å². The SMILES string of the molecule is Cc1nc(SCC(=O)Nc2sc3c(c2C(N)=O)CCC3)c2c3c(sc2n1)CCCC3. The van der Waals surface area contributed by atoms with Crippen LogP contribution in [0.4, 0.5) is 5.00 Å². The first-order valence-corrected chi connectivity index (χ1v) is 12.8. The number of carbonyl (C=O) groups is 2. The van der Waals surface area contributed by atoms with Crippen LogP contribution in [0.15, 0.2) is 5.03 Å². The predicted molar refractivity (Wildman–Crippen MR) is 123 cm³/mol. The van der Waals surface area contributed by atoms with E-state index in [4.69, 9.17) is 5.73 Å². The number of fused-ring (bicyclic) bond motifs is 4. The van der Waals surface area contributed by atoms with Crippen molar-refractivity contribution in [3.63, 3.8) is 0 Å². The Bertz CT molecular complexity index is 1180. The van der Waals surface area contributed by atoms with Gasteiger partial charge in [-0.1, -0.05) is 11.8 Å². The van der Waals surface area contributed by atoms with Crippen LogP contribution in [0.3, 0.4) is 0 Å². The van der Waals surface area contributed by atoms with Gasteiger partial charge in [-0.2, -0.15) is 0 Å². The molecule has 0 unspecified atom stereocenters. The van der Waals surface area contributed by atoms with Crippen LogP contribution in [0.25, 0.3) is 10.2 Å². The quantitative estimate of drug-likeness (QED) is 0.440. The summed E-state index contributed by atoms with van der Waals surface area (Å²) in [5.74, 6) is 0.359. The highest BCUT2D eigenvalue weighted by atomic mass is 32.2. The van der Waals surface area contributed by atoms with Crippen molar-refractivity contribution >= 4 is 61.5 Å². The molecule has 0 atom stereocenters. The van der Waals surface area contributed by atoms with E-state index < -0.39 is 5.91 Å². The Hall–Kier alpha value is -1.97. The molecule has 2 aliphatic rings. The van der Waals surface area contributed by atoms with Crippen LogP contribution in [-0.4, -0.2) is 27.5 Å². The summed E-state index contributed by atoms with van der Waals surface area (Å²) >= 11 is 4.70. The van der Waals surface area contributed by atoms with Crippen molar-refractivity contribution in [2.24, 2.45) is 5.73 Å². The van der Waals surface area contributed by atoms with E-state index in [2.05, 4.69) is 15.3 Å². The molecule has 3 N–H and O–H groups in total. The van der Waals surface area contributed by atoms with Crippen LogP contribution in [0.5, 0.6) is 0 Å². The van der Waals surface area contributed by atoms with E-state index in [0.29, 0.717) is 10.6 Å². The number of carbonyl (C=O) groups excluding carboxylic acids is 2. The summed E-state index contributed by atoms with van der Waals surface area (Å²) in [5.41, 5.74) is 8.49. The maximum Gasteiger partial charge on any atom is 0.251 e. The Kier molecular flexibility index (Phi) is 5.28. The van der Waals surface area contributed by atoms with Crippen molar-refractivity contribution in [2.45, 2.75) is 56.9 Å².